The number of amides is 6. The maximum Gasteiger partial charge on any atom is 0.253 e. The van der Waals surface area contributed by atoms with Crippen LogP contribution < -0.4 is 9.80 Å². The summed E-state index contributed by atoms with van der Waals surface area (Å²) in [5.41, 5.74) is 0.856. The zero-order chi connectivity index (χ0) is 95.4. The molecule has 0 saturated heterocycles. The lowest BCUT2D eigenvalue weighted by Crippen LogP contribution is -2.35. The van der Waals surface area contributed by atoms with Gasteiger partial charge in [-0.15, -0.1) is 0 Å². The number of nitrogens with zero attached hydrogens (tertiary/aromatic N) is 6. The highest BCUT2D eigenvalue weighted by Gasteiger charge is 2.41. The minimum Gasteiger partial charge on any atom is -0.494 e. The Balaban J connectivity index is 0.783. The van der Waals surface area contributed by atoms with Crippen LogP contribution in [0.1, 0.15) is 524 Å². The third-order valence-electron chi connectivity index (χ3n) is 33.6. The molecule has 2 aromatic rings. The van der Waals surface area contributed by atoms with Crippen molar-refractivity contribution < 1.29 is 49.2 Å². The summed E-state index contributed by atoms with van der Waals surface area (Å²) >= 11 is 0. The molecule has 3 aliphatic carbocycles. The van der Waals surface area contributed by atoms with Crippen LogP contribution in [0.3, 0.4) is 0 Å². The van der Waals surface area contributed by atoms with Crippen molar-refractivity contribution >= 4 is 46.8 Å². The molecule has 4 heterocycles. The summed E-state index contributed by atoms with van der Waals surface area (Å²) in [5.74, 6) is 9.32. The highest BCUT2D eigenvalue weighted by atomic mass is 16.3. The average Bonchev–Trinajstić information content (AvgIpc) is 1.58. The molecule has 3 fully saturated rings. The zero-order valence-electron chi connectivity index (χ0n) is 87.2. The molecule has 6 amide bonds. The first-order chi connectivity index (χ1) is 64.9. The van der Waals surface area contributed by atoms with Crippen molar-refractivity contribution in [2.45, 2.75) is 537 Å². The molecule has 16 nitrogen and oxygen atoms in total. The highest BCUT2D eigenvalue weighted by molar-refractivity contribution is 6.13. The average molecular weight is 1850 g/mol. The van der Waals surface area contributed by atoms with E-state index in [4.69, 9.17) is 0 Å². The van der Waals surface area contributed by atoms with Crippen molar-refractivity contribution in [2.75, 3.05) is 36.0 Å². The number of hydrogen-bond acceptors (Lipinski definition) is 10. The monoisotopic (exact) mass is 1850 g/mol. The third-order valence-corrected chi connectivity index (χ3v) is 33.6. The zero-order valence-corrected chi connectivity index (χ0v) is 87.2. The number of carbonyl (C=O) groups excluding carboxylic acids is 6. The van der Waals surface area contributed by atoms with Gasteiger partial charge in [0.25, 0.3) is 23.6 Å². The van der Waals surface area contributed by atoms with E-state index in [1.165, 1.54) is 400 Å². The van der Waals surface area contributed by atoms with Gasteiger partial charge in [-0.3, -0.25) is 47.7 Å². The molecule has 16 heteroatoms. The van der Waals surface area contributed by atoms with E-state index in [-0.39, 0.29) is 59.0 Å². The number of imide groups is 2. The molecule has 0 bridgehead atoms. The van der Waals surface area contributed by atoms with Gasteiger partial charge in [0.15, 0.2) is 11.8 Å². The minimum absolute atomic E-state index is 0.000684. The number of hydrogen-bond donors (Lipinski definition) is 4. The first kappa shape index (κ1) is 114. The maximum absolute atomic E-state index is 13.3. The quantitative estimate of drug-likeness (QED) is 0.0364. The summed E-state index contributed by atoms with van der Waals surface area (Å²) in [7, 11) is 0. The van der Waals surface area contributed by atoms with Crippen molar-refractivity contribution in [1.82, 2.24) is 18.9 Å². The number of aromatic nitrogens is 2. The predicted octanol–water partition coefficient (Wildman–Crippen LogP) is 32.4. The van der Waals surface area contributed by atoms with Gasteiger partial charge < -0.3 is 30.2 Å². The van der Waals surface area contributed by atoms with Crippen LogP contribution in [-0.2, 0) is 41.9 Å². The Morgan fingerprint density at radius 2 is 0.474 bits per heavy atom. The number of anilines is 2. The molecule has 0 radical (unpaired) electrons. The molecule has 0 aromatic carbocycles. The predicted molar refractivity (Wildman–Crippen MR) is 556 cm³/mol. The van der Waals surface area contributed by atoms with E-state index in [9.17, 15) is 49.2 Å². The van der Waals surface area contributed by atoms with Gasteiger partial charge in [-0.25, -0.2) is 0 Å². The molecule has 12 atom stereocenters. The number of carbonyl (C=O) groups is 6. The van der Waals surface area contributed by atoms with E-state index >= 15 is 0 Å². The highest BCUT2D eigenvalue weighted by Crippen LogP contribution is 2.52. The second-order valence-corrected chi connectivity index (χ2v) is 43.4. The van der Waals surface area contributed by atoms with Gasteiger partial charge in [0.1, 0.15) is 11.4 Å². The maximum atomic E-state index is 13.3. The molecule has 5 aliphatic rings. The van der Waals surface area contributed by atoms with Gasteiger partial charge in [-0.2, -0.15) is 0 Å². The van der Waals surface area contributed by atoms with Crippen LogP contribution in [0.2, 0.25) is 0 Å². The standard InChI is InChI=1S/C117H204N6O10/c1-9-15-19-22-39-55-71-102-96(14-6)76-77-98(67-51-37-24-30-45-61-88-120-110(126)82-83-111(120)127)104(102)73-56-40-27-33-47-63-90-122-114(130)92-108(116(122)132)118(94(7)124)86-59-43-29-23-36-52-68-100-79-78-97(65-13-5)103(72-54-35-20-16-10-2)106(100)74-57-41-26-32-44-60-87-119(95(8)125)109-93-115(131)123(117(109)133)91-64-48-34-28-42-58-75-107-101(69-53-38-25-31-46-62-89-121-112(128)84-85-113(121)129)81-80-99(66-50-21-17-11-3)105(107)70-49-18-12-4/h82-85,92-93,96-107,130-133H,9-81,86-91H2,1-8H3. The summed E-state index contributed by atoms with van der Waals surface area (Å²) in [6, 6.07) is 3.20. The Morgan fingerprint density at radius 1 is 0.263 bits per heavy atom. The Bertz CT molecular complexity index is 3470. The van der Waals surface area contributed by atoms with E-state index < -0.39 is 0 Å². The third kappa shape index (κ3) is 41.8. The molecule has 7 rings (SSSR count). The van der Waals surface area contributed by atoms with E-state index in [1.807, 2.05) is 0 Å². The van der Waals surface area contributed by atoms with E-state index in [0.717, 1.165) is 174 Å². The lowest BCUT2D eigenvalue weighted by molar-refractivity contribution is -0.138. The van der Waals surface area contributed by atoms with Crippen molar-refractivity contribution in [3.8, 4) is 23.5 Å². The molecule has 762 valence electrons. The number of unbranched alkanes of at least 4 members (excludes halogenated alkanes) is 44. The van der Waals surface area contributed by atoms with Gasteiger partial charge in [0.2, 0.25) is 23.6 Å². The van der Waals surface area contributed by atoms with Crippen molar-refractivity contribution in [3.63, 3.8) is 0 Å². The molecular weight excluding hydrogens is 1650 g/mol. The normalized spacial score (nSPS) is 21.6. The van der Waals surface area contributed by atoms with E-state index in [0.29, 0.717) is 50.6 Å². The smallest absolute Gasteiger partial charge is 0.253 e. The van der Waals surface area contributed by atoms with Gasteiger partial charge in [-0.05, 0) is 187 Å². The summed E-state index contributed by atoms with van der Waals surface area (Å²) in [6.45, 7) is 20.5. The second kappa shape index (κ2) is 69.3. The van der Waals surface area contributed by atoms with Crippen LogP contribution >= 0.6 is 0 Å². The Labute approximate surface area is 814 Å². The first-order valence-electron chi connectivity index (χ1n) is 57.8. The van der Waals surface area contributed by atoms with Crippen molar-refractivity contribution in [1.29, 1.82) is 0 Å². The molecule has 3 saturated carbocycles. The van der Waals surface area contributed by atoms with Crippen LogP contribution in [0, 0.1) is 71.0 Å². The number of aromatic hydroxyl groups is 4. The Hall–Kier alpha value is -5.54. The molecular formula is C117H204N6O10. The van der Waals surface area contributed by atoms with Gasteiger partial charge in [0.05, 0.1) is 0 Å². The lowest BCUT2D eigenvalue weighted by atomic mass is 9.61. The molecule has 2 aliphatic heterocycles. The minimum atomic E-state index is -0.165. The topological polar surface area (TPSA) is 206 Å². The van der Waals surface area contributed by atoms with Crippen molar-refractivity contribution in [2.24, 2.45) is 71.0 Å². The van der Waals surface area contributed by atoms with Crippen LogP contribution in [-0.4, -0.2) is 101 Å². The molecule has 2 aromatic heterocycles. The summed E-state index contributed by atoms with van der Waals surface area (Å²) < 4.78 is 3.22. The summed E-state index contributed by atoms with van der Waals surface area (Å²) in [6.07, 6.45) is 97.2. The van der Waals surface area contributed by atoms with E-state index in [1.54, 1.807) is 44.9 Å². The van der Waals surface area contributed by atoms with Crippen LogP contribution in [0.5, 0.6) is 23.5 Å². The Morgan fingerprint density at radius 3 is 0.744 bits per heavy atom. The van der Waals surface area contributed by atoms with E-state index in [2.05, 4.69) is 41.5 Å². The number of rotatable bonds is 81. The van der Waals surface area contributed by atoms with Gasteiger partial charge in [0, 0.05) is 89.6 Å². The van der Waals surface area contributed by atoms with Gasteiger partial charge >= 0.3 is 0 Å². The Kier molecular flexibility index (Phi) is 59.6. The lowest BCUT2D eigenvalue weighted by Gasteiger charge is -2.44. The van der Waals surface area contributed by atoms with Crippen LogP contribution in [0.4, 0.5) is 11.4 Å². The molecule has 4 N–H and O–H groups in total. The fraction of sp³-hybridized carbons (Fsp3) is 0.846. The van der Waals surface area contributed by atoms with Crippen LogP contribution in [0.25, 0.3) is 0 Å². The fourth-order valence-electron chi connectivity index (χ4n) is 25.9. The summed E-state index contributed by atoms with van der Waals surface area (Å²) in [5, 5.41) is 45.6. The van der Waals surface area contributed by atoms with Crippen molar-refractivity contribution in [3.05, 3.63) is 36.4 Å². The first-order valence-corrected chi connectivity index (χ1v) is 57.8. The molecule has 133 heavy (non-hydrogen) atoms. The SMILES string of the molecule is CCCCCCCCC1C(CC)CCC(CCCCCCCCN2C(=O)C=CC2=O)C1CCCCCCCCn1c(O)cc(N(CCCCCCCCC2CCC(CCC)C(CCCCCCC)C2CCCCCCCCN(C(C)=O)c2cc(O)n(CCCCCCCCC3C(CCCCCCCCN4C(=O)C=CC4=O)CCC(CCCCCC)C3CCCCC)c2O)C(C)=O)c1O. The van der Waals surface area contributed by atoms with Gasteiger partial charge in [-0.1, -0.05) is 395 Å². The second-order valence-electron chi connectivity index (χ2n) is 43.4. The summed E-state index contributed by atoms with van der Waals surface area (Å²) in [4.78, 5) is 80.6. The van der Waals surface area contributed by atoms with Crippen LogP contribution in [0.15, 0.2) is 36.4 Å². The largest absolute Gasteiger partial charge is 0.494 e. The fourth-order valence-corrected chi connectivity index (χ4v) is 25.9. The molecule has 12 unspecified atom stereocenters. The molecule has 0 spiro atoms.